The Kier molecular flexibility index (Phi) is 5.20. The van der Waals surface area contributed by atoms with Crippen molar-refractivity contribution in [3.63, 3.8) is 0 Å². The Labute approximate surface area is 134 Å². The highest BCUT2D eigenvalue weighted by atomic mass is 79.9. The molecule has 2 aromatic carbocycles. The van der Waals surface area contributed by atoms with Gasteiger partial charge in [0.1, 0.15) is 11.5 Å². The molecule has 0 radical (unpaired) electrons. The Bertz CT molecular complexity index is 589. The SMILES string of the molecule is COc1ccc(C(=O)COc2c(Br)cccc2Br)cc1. The molecule has 0 bridgehead atoms. The quantitative estimate of drug-likeness (QED) is 0.695. The van der Waals surface area contributed by atoms with Crippen LogP contribution >= 0.6 is 31.9 Å². The highest BCUT2D eigenvalue weighted by Crippen LogP contribution is 2.33. The van der Waals surface area contributed by atoms with E-state index in [2.05, 4.69) is 31.9 Å². The summed E-state index contributed by atoms with van der Waals surface area (Å²) in [5.74, 6) is 1.25. The molecule has 0 aliphatic heterocycles. The first kappa shape index (κ1) is 15.1. The predicted molar refractivity (Wildman–Crippen MR) is 84.7 cm³/mol. The number of benzene rings is 2. The molecule has 0 saturated heterocycles. The lowest BCUT2D eigenvalue weighted by molar-refractivity contribution is 0.0920. The van der Waals surface area contributed by atoms with Gasteiger partial charge in [0, 0.05) is 5.56 Å². The molecule has 0 heterocycles. The van der Waals surface area contributed by atoms with Crippen LogP contribution in [0, 0.1) is 0 Å². The molecule has 5 heteroatoms. The van der Waals surface area contributed by atoms with Gasteiger partial charge < -0.3 is 9.47 Å². The fraction of sp³-hybridized carbons (Fsp3) is 0.133. The Morgan fingerprint density at radius 1 is 1.05 bits per heavy atom. The first-order valence-electron chi connectivity index (χ1n) is 5.86. The summed E-state index contributed by atoms with van der Waals surface area (Å²) in [6, 6.07) is 12.5. The Balaban J connectivity index is 2.04. The van der Waals surface area contributed by atoms with E-state index >= 15 is 0 Å². The summed E-state index contributed by atoms with van der Waals surface area (Å²) in [6.45, 7) is -0.0203. The smallest absolute Gasteiger partial charge is 0.200 e. The molecular weight excluding hydrogens is 388 g/mol. The molecule has 0 fully saturated rings. The third-order valence-corrected chi connectivity index (χ3v) is 3.93. The van der Waals surface area contributed by atoms with E-state index in [9.17, 15) is 4.79 Å². The minimum absolute atomic E-state index is 0.0203. The number of hydrogen-bond donors (Lipinski definition) is 0. The lowest BCUT2D eigenvalue weighted by Gasteiger charge is -2.09. The Hall–Kier alpha value is -1.33. The summed E-state index contributed by atoms with van der Waals surface area (Å²) >= 11 is 6.78. The molecule has 2 rings (SSSR count). The Morgan fingerprint density at radius 2 is 1.65 bits per heavy atom. The first-order chi connectivity index (χ1) is 9.61. The van der Waals surface area contributed by atoms with Crippen molar-refractivity contribution in [3.8, 4) is 11.5 Å². The molecule has 104 valence electrons. The molecule has 0 saturated carbocycles. The summed E-state index contributed by atoms with van der Waals surface area (Å²) in [6.07, 6.45) is 0. The van der Waals surface area contributed by atoms with E-state index < -0.39 is 0 Å². The van der Waals surface area contributed by atoms with Crippen LogP contribution in [-0.4, -0.2) is 19.5 Å². The highest BCUT2D eigenvalue weighted by Gasteiger charge is 2.10. The third-order valence-electron chi connectivity index (χ3n) is 2.68. The largest absolute Gasteiger partial charge is 0.497 e. The van der Waals surface area contributed by atoms with E-state index in [-0.39, 0.29) is 12.4 Å². The number of ketones is 1. The minimum atomic E-state index is -0.0877. The number of methoxy groups -OCH3 is 1. The number of hydrogen-bond acceptors (Lipinski definition) is 3. The van der Waals surface area contributed by atoms with Crippen LogP contribution in [0.4, 0.5) is 0 Å². The van der Waals surface area contributed by atoms with E-state index in [1.54, 1.807) is 31.4 Å². The van der Waals surface area contributed by atoms with Crippen LogP contribution < -0.4 is 9.47 Å². The molecule has 3 nitrogen and oxygen atoms in total. The fourth-order valence-electron chi connectivity index (χ4n) is 1.62. The summed E-state index contributed by atoms with van der Waals surface area (Å²) in [5, 5.41) is 0. The van der Waals surface area contributed by atoms with Crippen LogP contribution in [0.1, 0.15) is 10.4 Å². The van der Waals surface area contributed by atoms with E-state index in [0.717, 1.165) is 14.7 Å². The van der Waals surface area contributed by atoms with Crippen LogP contribution in [0.25, 0.3) is 0 Å². The number of para-hydroxylation sites is 1. The van der Waals surface area contributed by atoms with Gasteiger partial charge in [-0.1, -0.05) is 6.07 Å². The molecule has 0 aliphatic rings. The van der Waals surface area contributed by atoms with Crippen molar-refractivity contribution in [2.45, 2.75) is 0 Å². The average Bonchev–Trinajstić information content (AvgIpc) is 2.46. The van der Waals surface area contributed by atoms with Crippen molar-refractivity contribution in [2.24, 2.45) is 0 Å². The van der Waals surface area contributed by atoms with Crippen molar-refractivity contribution in [1.82, 2.24) is 0 Å². The zero-order valence-electron chi connectivity index (χ0n) is 10.7. The lowest BCUT2D eigenvalue weighted by atomic mass is 10.1. The minimum Gasteiger partial charge on any atom is -0.497 e. The number of Topliss-reactive ketones (excluding diaryl/α,β-unsaturated/α-hetero) is 1. The molecule has 0 aliphatic carbocycles. The molecule has 0 spiro atoms. The zero-order valence-corrected chi connectivity index (χ0v) is 13.9. The molecule has 0 N–H and O–H groups in total. The van der Waals surface area contributed by atoms with Crippen LogP contribution in [0.2, 0.25) is 0 Å². The number of rotatable bonds is 5. The molecular formula is C15H12Br2O3. The van der Waals surface area contributed by atoms with Crippen molar-refractivity contribution in [2.75, 3.05) is 13.7 Å². The van der Waals surface area contributed by atoms with Crippen LogP contribution in [0.5, 0.6) is 11.5 Å². The van der Waals surface area contributed by atoms with E-state index in [0.29, 0.717) is 11.3 Å². The van der Waals surface area contributed by atoms with Gasteiger partial charge in [0.05, 0.1) is 16.1 Å². The van der Waals surface area contributed by atoms with Crippen LogP contribution in [0.3, 0.4) is 0 Å². The maximum absolute atomic E-state index is 12.0. The monoisotopic (exact) mass is 398 g/mol. The normalized spacial score (nSPS) is 10.2. The molecule has 0 atom stereocenters. The fourth-order valence-corrected chi connectivity index (χ4v) is 2.85. The average molecular weight is 400 g/mol. The number of carbonyl (C=O) groups is 1. The van der Waals surface area contributed by atoms with Gasteiger partial charge in [-0.25, -0.2) is 0 Å². The second-order valence-corrected chi connectivity index (χ2v) is 5.70. The summed E-state index contributed by atoms with van der Waals surface area (Å²) in [4.78, 5) is 12.0. The Morgan fingerprint density at radius 3 is 2.20 bits per heavy atom. The molecule has 0 amide bonds. The molecule has 2 aromatic rings. The van der Waals surface area contributed by atoms with E-state index in [1.165, 1.54) is 0 Å². The lowest BCUT2D eigenvalue weighted by Crippen LogP contribution is -2.12. The van der Waals surface area contributed by atoms with Gasteiger partial charge in [-0.05, 0) is 68.3 Å². The summed E-state index contributed by atoms with van der Waals surface area (Å²) in [5.41, 5.74) is 0.592. The second-order valence-electron chi connectivity index (χ2n) is 3.99. The topological polar surface area (TPSA) is 35.5 Å². The van der Waals surface area contributed by atoms with Gasteiger partial charge in [-0.3, -0.25) is 4.79 Å². The standard InChI is InChI=1S/C15H12Br2O3/c1-19-11-7-5-10(6-8-11)14(18)9-20-15-12(16)3-2-4-13(15)17/h2-8H,9H2,1H3. The maximum atomic E-state index is 12.0. The van der Waals surface area contributed by atoms with Gasteiger partial charge in [-0.15, -0.1) is 0 Å². The van der Waals surface area contributed by atoms with Crippen molar-refractivity contribution < 1.29 is 14.3 Å². The zero-order chi connectivity index (χ0) is 14.5. The van der Waals surface area contributed by atoms with Crippen molar-refractivity contribution in [1.29, 1.82) is 0 Å². The maximum Gasteiger partial charge on any atom is 0.200 e. The van der Waals surface area contributed by atoms with Gasteiger partial charge in [-0.2, -0.15) is 0 Å². The summed E-state index contributed by atoms with van der Waals surface area (Å²) < 4.78 is 12.2. The number of halogens is 2. The third kappa shape index (κ3) is 3.61. The van der Waals surface area contributed by atoms with Crippen LogP contribution in [-0.2, 0) is 0 Å². The first-order valence-corrected chi connectivity index (χ1v) is 7.44. The molecule has 0 unspecified atom stereocenters. The highest BCUT2D eigenvalue weighted by molar-refractivity contribution is 9.11. The van der Waals surface area contributed by atoms with Crippen molar-refractivity contribution >= 4 is 37.6 Å². The van der Waals surface area contributed by atoms with Crippen molar-refractivity contribution in [3.05, 3.63) is 57.0 Å². The predicted octanol–water partition coefficient (Wildman–Crippen LogP) is 4.48. The molecule has 20 heavy (non-hydrogen) atoms. The van der Waals surface area contributed by atoms with Gasteiger partial charge >= 0.3 is 0 Å². The van der Waals surface area contributed by atoms with Crippen LogP contribution in [0.15, 0.2) is 51.4 Å². The number of carbonyl (C=O) groups excluding carboxylic acids is 1. The molecule has 0 aromatic heterocycles. The second kappa shape index (κ2) is 6.90. The number of ether oxygens (including phenoxy) is 2. The van der Waals surface area contributed by atoms with E-state index in [1.807, 2.05) is 18.2 Å². The van der Waals surface area contributed by atoms with E-state index in [4.69, 9.17) is 9.47 Å². The van der Waals surface area contributed by atoms with Gasteiger partial charge in [0.2, 0.25) is 0 Å². The van der Waals surface area contributed by atoms with Gasteiger partial charge in [0.15, 0.2) is 12.4 Å². The summed E-state index contributed by atoms with van der Waals surface area (Å²) in [7, 11) is 1.59. The van der Waals surface area contributed by atoms with Gasteiger partial charge in [0.25, 0.3) is 0 Å².